The van der Waals surface area contributed by atoms with E-state index in [4.69, 9.17) is 4.74 Å². The monoisotopic (exact) mass is 448 g/mol. The van der Waals surface area contributed by atoms with E-state index >= 15 is 0 Å². The van der Waals surface area contributed by atoms with Crippen molar-refractivity contribution >= 4 is 27.6 Å². The molecule has 7 nitrogen and oxygen atoms in total. The Hall–Kier alpha value is -2.78. The Balaban J connectivity index is 1.73. The Morgan fingerprint density at radius 1 is 1.10 bits per heavy atom. The van der Waals surface area contributed by atoms with Crippen LogP contribution in [0.5, 0.6) is 0 Å². The molecule has 2 aromatic carbocycles. The fourth-order valence-electron chi connectivity index (χ4n) is 3.32. The van der Waals surface area contributed by atoms with E-state index in [1.54, 1.807) is 18.2 Å². The third-order valence-electron chi connectivity index (χ3n) is 5.04. The van der Waals surface area contributed by atoms with Crippen LogP contribution in [0.15, 0.2) is 47.4 Å². The van der Waals surface area contributed by atoms with Gasteiger partial charge in [-0.1, -0.05) is 18.6 Å². The third kappa shape index (κ3) is 5.48. The highest BCUT2D eigenvalue weighted by Crippen LogP contribution is 2.24. The van der Waals surface area contributed by atoms with Gasteiger partial charge in [-0.3, -0.25) is 4.79 Å². The molecule has 31 heavy (non-hydrogen) atoms. The molecule has 0 aromatic heterocycles. The quantitative estimate of drug-likeness (QED) is 0.683. The maximum absolute atomic E-state index is 14.3. The zero-order chi connectivity index (χ0) is 22.6. The predicted octanol–water partition coefficient (Wildman–Crippen LogP) is 3.49. The van der Waals surface area contributed by atoms with Crippen LogP contribution in [0.4, 0.5) is 10.1 Å². The van der Waals surface area contributed by atoms with Crippen molar-refractivity contribution in [3.05, 3.63) is 59.4 Å². The lowest BCUT2D eigenvalue weighted by molar-refractivity contribution is -0.123. The number of hydrogen-bond acceptors (Lipinski definition) is 5. The van der Waals surface area contributed by atoms with Crippen LogP contribution in [0.1, 0.15) is 42.1 Å². The Bertz CT molecular complexity index is 1080. The summed E-state index contributed by atoms with van der Waals surface area (Å²) in [4.78, 5) is 24.3. The van der Waals surface area contributed by atoms with Gasteiger partial charge in [0.25, 0.3) is 5.91 Å². The summed E-state index contributed by atoms with van der Waals surface area (Å²) in [5.74, 6) is -2.39. The first kappa shape index (κ1) is 22.9. The van der Waals surface area contributed by atoms with Crippen molar-refractivity contribution in [1.82, 2.24) is 4.31 Å². The second kappa shape index (κ2) is 9.57. The van der Waals surface area contributed by atoms with Crippen LogP contribution in [0, 0.1) is 12.7 Å². The average molecular weight is 449 g/mol. The van der Waals surface area contributed by atoms with Gasteiger partial charge < -0.3 is 10.1 Å². The van der Waals surface area contributed by atoms with Crippen LogP contribution in [-0.2, 0) is 19.6 Å². The number of piperidine rings is 1. The zero-order valence-corrected chi connectivity index (χ0v) is 18.2. The van der Waals surface area contributed by atoms with Crippen molar-refractivity contribution in [2.45, 2.75) is 44.1 Å². The summed E-state index contributed by atoms with van der Waals surface area (Å²) in [5, 5.41) is 2.65. The topological polar surface area (TPSA) is 92.8 Å². The number of sulfonamides is 1. The molecule has 0 radical (unpaired) electrons. The van der Waals surface area contributed by atoms with Gasteiger partial charge in [0.05, 0.1) is 5.56 Å². The minimum absolute atomic E-state index is 0.146. The van der Waals surface area contributed by atoms with Crippen molar-refractivity contribution in [2.24, 2.45) is 0 Å². The normalized spacial score (nSPS) is 15.8. The first-order valence-electron chi connectivity index (χ1n) is 10.1. The molecule has 1 saturated heterocycles. The first-order valence-corrected chi connectivity index (χ1v) is 11.5. The summed E-state index contributed by atoms with van der Waals surface area (Å²) in [6.07, 6.45) is 1.19. The molecule has 1 atom stereocenters. The molecule has 1 fully saturated rings. The zero-order valence-electron chi connectivity index (χ0n) is 17.4. The standard InChI is InChI=1S/C22H25FN2O5S/c1-15-7-6-8-18(13-15)24-21(26)16(2)30-22(27)17-9-10-19(23)20(14-17)31(28,29)25-11-4-3-5-12-25/h6-10,13-14,16H,3-5,11-12H2,1-2H3,(H,24,26). The van der Waals surface area contributed by atoms with Gasteiger partial charge in [0.2, 0.25) is 10.0 Å². The number of rotatable bonds is 6. The van der Waals surface area contributed by atoms with Crippen molar-refractivity contribution < 1.29 is 27.1 Å². The van der Waals surface area contributed by atoms with Crippen molar-refractivity contribution in [1.29, 1.82) is 0 Å². The molecule has 1 aliphatic heterocycles. The number of anilines is 1. The molecule has 3 rings (SSSR count). The number of benzene rings is 2. The molecule has 0 spiro atoms. The molecule has 0 aliphatic carbocycles. The van der Waals surface area contributed by atoms with Crippen molar-refractivity contribution in [3.63, 3.8) is 0 Å². The lowest BCUT2D eigenvalue weighted by Gasteiger charge is -2.26. The summed E-state index contributed by atoms with van der Waals surface area (Å²) in [7, 11) is -4.07. The molecule has 166 valence electrons. The van der Waals surface area contributed by atoms with E-state index < -0.39 is 38.7 Å². The second-order valence-electron chi connectivity index (χ2n) is 7.52. The molecular formula is C22H25FN2O5S. The Kier molecular flexibility index (Phi) is 7.07. The van der Waals surface area contributed by atoms with E-state index in [2.05, 4.69) is 5.32 Å². The number of carbonyl (C=O) groups excluding carboxylic acids is 2. The predicted molar refractivity (Wildman–Crippen MR) is 114 cm³/mol. The highest BCUT2D eigenvalue weighted by Gasteiger charge is 2.30. The van der Waals surface area contributed by atoms with Gasteiger partial charge in [0, 0.05) is 18.8 Å². The van der Waals surface area contributed by atoms with Gasteiger partial charge in [-0.2, -0.15) is 4.31 Å². The summed E-state index contributed by atoms with van der Waals surface area (Å²) in [6.45, 7) is 3.90. The number of halogens is 1. The van der Waals surface area contributed by atoms with Crippen LogP contribution in [0.2, 0.25) is 0 Å². The first-order chi connectivity index (χ1) is 14.7. The Morgan fingerprint density at radius 2 is 1.81 bits per heavy atom. The van der Waals surface area contributed by atoms with E-state index in [0.29, 0.717) is 31.6 Å². The fraction of sp³-hybridized carbons (Fsp3) is 0.364. The van der Waals surface area contributed by atoms with Crippen LogP contribution in [0.25, 0.3) is 0 Å². The van der Waals surface area contributed by atoms with Crippen LogP contribution in [0.3, 0.4) is 0 Å². The second-order valence-corrected chi connectivity index (χ2v) is 9.42. The van der Waals surface area contributed by atoms with Gasteiger partial charge >= 0.3 is 5.97 Å². The van der Waals surface area contributed by atoms with Crippen LogP contribution >= 0.6 is 0 Å². The molecule has 1 N–H and O–H groups in total. The molecule has 1 unspecified atom stereocenters. The number of hydrogen-bond donors (Lipinski definition) is 1. The van der Waals surface area contributed by atoms with Gasteiger partial charge in [0.1, 0.15) is 10.7 Å². The SMILES string of the molecule is Cc1cccc(NC(=O)C(C)OC(=O)c2ccc(F)c(S(=O)(=O)N3CCCCC3)c2)c1. The van der Waals surface area contributed by atoms with Gasteiger partial charge in [-0.25, -0.2) is 17.6 Å². The highest BCUT2D eigenvalue weighted by molar-refractivity contribution is 7.89. The van der Waals surface area contributed by atoms with E-state index in [1.807, 2.05) is 13.0 Å². The van der Waals surface area contributed by atoms with Crippen LogP contribution in [-0.4, -0.2) is 43.8 Å². The van der Waals surface area contributed by atoms with Gasteiger partial charge in [-0.15, -0.1) is 0 Å². The number of aryl methyl sites for hydroxylation is 1. The number of nitrogens with zero attached hydrogens (tertiary/aromatic N) is 1. The van der Waals surface area contributed by atoms with E-state index in [0.717, 1.165) is 30.2 Å². The Morgan fingerprint density at radius 3 is 2.48 bits per heavy atom. The third-order valence-corrected chi connectivity index (χ3v) is 6.95. The molecule has 9 heteroatoms. The molecule has 0 saturated carbocycles. The smallest absolute Gasteiger partial charge is 0.338 e. The lowest BCUT2D eigenvalue weighted by atomic mass is 10.2. The van der Waals surface area contributed by atoms with Crippen molar-refractivity contribution in [2.75, 3.05) is 18.4 Å². The number of amides is 1. The number of esters is 1. The van der Waals surface area contributed by atoms with Gasteiger partial charge in [0.15, 0.2) is 6.10 Å². The van der Waals surface area contributed by atoms with E-state index in [1.165, 1.54) is 11.2 Å². The Labute approximate surface area is 181 Å². The summed E-state index contributed by atoms with van der Waals surface area (Å²) < 4.78 is 46.4. The molecule has 0 bridgehead atoms. The molecule has 1 aliphatic rings. The molecule has 2 aromatic rings. The number of carbonyl (C=O) groups is 2. The summed E-state index contributed by atoms with van der Waals surface area (Å²) >= 11 is 0. The van der Waals surface area contributed by atoms with E-state index in [9.17, 15) is 22.4 Å². The van der Waals surface area contributed by atoms with Crippen LogP contribution < -0.4 is 5.32 Å². The molecule has 1 heterocycles. The summed E-state index contributed by atoms with van der Waals surface area (Å²) in [6, 6.07) is 10.2. The number of ether oxygens (including phenoxy) is 1. The van der Waals surface area contributed by atoms with Gasteiger partial charge in [-0.05, 0) is 62.6 Å². The fourth-order valence-corrected chi connectivity index (χ4v) is 4.93. The molecule has 1 amide bonds. The minimum Gasteiger partial charge on any atom is -0.449 e. The highest BCUT2D eigenvalue weighted by atomic mass is 32.2. The average Bonchev–Trinajstić information content (AvgIpc) is 2.74. The van der Waals surface area contributed by atoms with E-state index in [-0.39, 0.29) is 5.56 Å². The maximum atomic E-state index is 14.3. The summed E-state index contributed by atoms with van der Waals surface area (Å²) in [5.41, 5.74) is 1.37. The molecular weight excluding hydrogens is 423 g/mol. The number of nitrogens with one attached hydrogen (secondary N) is 1. The minimum atomic E-state index is -4.07. The van der Waals surface area contributed by atoms with Crippen molar-refractivity contribution in [3.8, 4) is 0 Å². The largest absolute Gasteiger partial charge is 0.449 e. The maximum Gasteiger partial charge on any atom is 0.338 e. The lowest BCUT2D eigenvalue weighted by Crippen LogP contribution is -2.36.